The predicted molar refractivity (Wildman–Crippen MR) is 87.7 cm³/mol. The number of carbonyl (C=O) groups excluding carboxylic acids is 1. The Bertz CT molecular complexity index is 564. The zero-order valence-electron chi connectivity index (χ0n) is 12.5. The number of aliphatic carboxylic acids is 1. The number of thioether (sulfide) groups is 1. The summed E-state index contributed by atoms with van der Waals surface area (Å²) in [6.07, 6.45) is 13.1. The number of allylic oxidation sites excluding steroid dienone is 6. The fourth-order valence-corrected chi connectivity index (χ4v) is 4.62. The molecule has 2 N–H and O–H groups in total. The quantitative estimate of drug-likeness (QED) is 0.834. The first-order valence-electron chi connectivity index (χ1n) is 7.80. The lowest BCUT2D eigenvalue weighted by Crippen LogP contribution is -2.42. The molecule has 0 saturated carbocycles. The lowest BCUT2D eigenvalue weighted by molar-refractivity contribution is -0.140. The standard InChI is InChI=1S/C17H21NO3S/c19-14(16-15(17(20)21)18-10-22-16)9-11-6-7-12-4-2-1-3-5-13(12)8-11/h1-3,5,11,15-16,18H,4,6-10H2,(H,20,21)/t11?,15-,16?/m0/s1. The number of carbonyl (C=O) groups is 2. The van der Waals surface area contributed by atoms with Crippen molar-refractivity contribution in [1.29, 1.82) is 0 Å². The molecule has 3 aliphatic rings. The van der Waals surface area contributed by atoms with Gasteiger partial charge in [0.1, 0.15) is 11.8 Å². The van der Waals surface area contributed by atoms with Crippen molar-refractivity contribution in [2.45, 2.75) is 43.4 Å². The first-order chi connectivity index (χ1) is 10.6. The second kappa shape index (κ2) is 6.84. The van der Waals surface area contributed by atoms with Crippen molar-refractivity contribution in [2.75, 3.05) is 5.88 Å². The van der Waals surface area contributed by atoms with E-state index in [4.69, 9.17) is 0 Å². The lowest BCUT2D eigenvalue weighted by atomic mass is 9.80. The molecular weight excluding hydrogens is 298 g/mol. The summed E-state index contributed by atoms with van der Waals surface area (Å²) in [6, 6.07) is -0.724. The summed E-state index contributed by atoms with van der Waals surface area (Å²) in [7, 11) is 0. The van der Waals surface area contributed by atoms with E-state index in [1.165, 1.54) is 22.9 Å². The monoisotopic (exact) mass is 319 g/mol. The van der Waals surface area contributed by atoms with Crippen LogP contribution in [0, 0.1) is 5.92 Å². The second-order valence-corrected chi connectivity index (χ2v) is 7.28. The lowest BCUT2D eigenvalue weighted by Gasteiger charge is -2.26. The van der Waals surface area contributed by atoms with Crippen molar-refractivity contribution in [3.8, 4) is 0 Å². The number of Topliss-reactive ketones (excluding diaryl/α,β-unsaturated/α-hetero) is 1. The van der Waals surface area contributed by atoms with E-state index in [0.717, 1.165) is 25.7 Å². The highest BCUT2D eigenvalue weighted by Crippen LogP contribution is 2.36. The molecule has 22 heavy (non-hydrogen) atoms. The fourth-order valence-electron chi connectivity index (χ4n) is 3.48. The molecule has 0 aromatic heterocycles. The fraction of sp³-hybridized carbons (Fsp3) is 0.529. The Labute approximate surface area is 134 Å². The smallest absolute Gasteiger partial charge is 0.322 e. The summed E-state index contributed by atoms with van der Waals surface area (Å²) in [5.41, 5.74) is 2.87. The van der Waals surface area contributed by atoms with E-state index < -0.39 is 17.3 Å². The highest BCUT2D eigenvalue weighted by Gasteiger charge is 2.39. The summed E-state index contributed by atoms with van der Waals surface area (Å²) in [5.74, 6) is 0.0634. The zero-order chi connectivity index (χ0) is 15.5. The number of carboxylic acids is 1. The van der Waals surface area contributed by atoms with E-state index in [2.05, 4.69) is 29.6 Å². The van der Waals surface area contributed by atoms with Crippen LogP contribution in [0.1, 0.15) is 32.1 Å². The van der Waals surface area contributed by atoms with Gasteiger partial charge < -0.3 is 5.11 Å². The van der Waals surface area contributed by atoms with Crippen LogP contribution in [0.15, 0.2) is 35.5 Å². The van der Waals surface area contributed by atoms with Gasteiger partial charge in [0.2, 0.25) is 0 Å². The summed E-state index contributed by atoms with van der Waals surface area (Å²) in [4.78, 5) is 23.7. The summed E-state index contributed by atoms with van der Waals surface area (Å²) in [5, 5.41) is 11.6. The van der Waals surface area contributed by atoms with Gasteiger partial charge in [-0.05, 0) is 37.2 Å². The zero-order valence-corrected chi connectivity index (χ0v) is 13.3. The Morgan fingerprint density at radius 1 is 1.36 bits per heavy atom. The Balaban J connectivity index is 1.61. The molecule has 5 heteroatoms. The van der Waals surface area contributed by atoms with Gasteiger partial charge in [-0.1, -0.05) is 29.9 Å². The molecule has 0 aromatic rings. The van der Waals surface area contributed by atoms with Gasteiger partial charge in [0, 0.05) is 12.3 Å². The highest BCUT2D eigenvalue weighted by atomic mass is 32.2. The largest absolute Gasteiger partial charge is 0.480 e. The molecule has 0 bridgehead atoms. The van der Waals surface area contributed by atoms with Gasteiger partial charge in [-0.25, -0.2) is 0 Å². The Kier molecular flexibility index (Phi) is 4.84. The third-order valence-corrected chi connectivity index (χ3v) is 5.90. The Morgan fingerprint density at radius 2 is 2.23 bits per heavy atom. The molecule has 1 saturated heterocycles. The molecule has 0 spiro atoms. The van der Waals surface area contributed by atoms with Gasteiger partial charge >= 0.3 is 5.97 Å². The molecule has 1 heterocycles. The topological polar surface area (TPSA) is 66.4 Å². The van der Waals surface area contributed by atoms with Gasteiger partial charge in [-0.3, -0.25) is 14.9 Å². The molecule has 0 radical (unpaired) electrons. The van der Waals surface area contributed by atoms with Crippen LogP contribution in [-0.2, 0) is 9.59 Å². The van der Waals surface area contributed by atoms with Crippen molar-refractivity contribution in [3.05, 3.63) is 35.5 Å². The molecule has 4 nitrogen and oxygen atoms in total. The van der Waals surface area contributed by atoms with E-state index >= 15 is 0 Å². The van der Waals surface area contributed by atoms with E-state index in [1.807, 2.05) is 0 Å². The van der Waals surface area contributed by atoms with Crippen molar-refractivity contribution < 1.29 is 14.7 Å². The summed E-state index contributed by atoms with van der Waals surface area (Å²) >= 11 is 1.42. The van der Waals surface area contributed by atoms with Gasteiger partial charge in [-0.15, -0.1) is 11.8 Å². The Morgan fingerprint density at radius 3 is 3.05 bits per heavy atom. The number of hydrogen-bond donors (Lipinski definition) is 2. The predicted octanol–water partition coefficient (Wildman–Crippen LogP) is 2.67. The number of ketones is 1. The minimum atomic E-state index is -0.922. The number of nitrogens with one attached hydrogen (secondary N) is 1. The van der Waals surface area contributed by atoms with E-state index in [1.54, 1.807) is 0 Å². The minimum absolute atomic E-state index is 0.0900. The number of rotatable bonds is 4. The second-order valence-electron chi connectivity index (χ2n) is 6.15. The summed E-state index contributed by atoms with van der Waals surface area (Å²) in [6.45, 7) is 0. The van der Waals surface area contributed by atoms with Crippen LogP contribution in [0.25, 0.3) is 0 Å². The number of carboxylic acid groups (broad SMARTS) is 1. The van der Waals surface area contributed by atoms with Crippen molar-refractivity contribution >= 4 is 23.5 Å². The van der Waals surface area contributed by atoms with Crippen LogP contribution in [0.4, 0.5) is 0 Å². The molecule has 2 unspecified atom stereocenters. The van der Waals surface area contributed by atoms with Gasteiger partial charge in [0.25, 0.3) is 0 Å². The molecular formula is C17H21NO3S. The van der Waals surface area contributed by atoms with E-state index in [-0.39, 0.29) is 5.78 Å². The molecule has 2 aliphatic carbocycles. The normalized spacial score (nSPS) is 31.0. The van der Waals surface area contributed by atoms with Crippen LogP contribution in [0.5, 0.6) is 0 Å². The van der Waals surface area contributed by atoms with E-state index in [9.17, 15) is 14.7 Å². The maximum absolute atomic E-state index is 12.5. The highest BCUT2D eigenvalue weighted by molar-refractivity contribution is 8.00. The molecule has 0 amide bonds. The average molecular weight is 319 g/mol. The maximum atomic E-state index is 12.5. The number of hydrogen-bond acceptors (Lipinski definition) is 4. The van der Waals surface area contributed by atoms with Gasteiger partial charge in [-0.2, -0.15) is 0 Å². The molecule has 118 valence electrons. The van der Waals surface area contributed by atoms with Crippen molar-refractivity contribution in [3.63, 3.8) is 0 Å². The third-order valence-electron chi connectivity index (χ3n) is 4.67. The first-order valence-corrected chi connectivity index (χ1v) is 8.84. The van der Waals surface area contributed by atoms with E-state index in [0.29, 0.717) is 18.2 Å². The SMILES string of the molecule is O=C(CC1CCC2=C(C=CC=CC2)C1)C1SCN[C@@H]1C(=O)O. The average Bonchev–Trinajstić information content (AvgIpc) is 2.88. The van der Waals surface area contributed by atoms with Crippen LogP contribution >= 0.6 is 11.8 Å². The van der Waals surface area contributed by atoms with Crippen LogP contribution in [0.3, 0.4) is 0 Å². The molecule has 1 fully saturated rings. The van der Waals surface area contributed by atoms with Crippen LogP contribution in [0.2, 0.25) is 0 Å². The van der Waals surface area contributed by atoms with Crippen LogP contribution < -0.4 is 5.32 Å². The molecule has 3 atom stereocenters. The maximum Gasteiger partial charge on any atom is 0.322 e. The van der Waals surface area contributed by atoms with Crippen molar-refractivity contribution in [2.24, 2.45) is 5.92 Å². The Hall–Kier alpha value is -1.33. The molecule has 0 aromatic carbocycles. The van der Waals surface area contributed by atoms with Crippen molar-refractivity contribution in [1.82, 2.24) is 5.32 Å². The third kappa shape index (κ3) is 3.36. The van der Waals surface area contributed by atoms with Crippen LogP contribution in [-0.4, -0.2) is 34.0 Å². The summed E-state index contributed by atoms with van der Waals surface area (Å²) < 4.78 is 0. The first kappa shape index (κ1) is 15.6. The van der Waals surface area contributed by atoms with Gasteiger partial charge in [0.15, 0.2) is 0 Å². The minimum Gasteiger partial charge on any atom is -0.480 e. The van der Waals surface area contributed by atoms with Gasteiger partial charge in [0.05, 0.1) is 5.25 Å². The molecule has 3 rings (SSSR count). The molecule has 1 aliphatic heterocycles.